The molecule has 17 heavy (non-hydrogen) atoms. The first-order valence-electron chi connectivity index (χ1n) is 6.97. The average molecular weight is 234 g/mol. The normalized spacial score (nSPS) is 25.8. The van der Waals surface area contributed by atoms with Gasteiger partial charge in [0, 0.05) is 18.9 Å². The lowest BCUT2D eigenvalue weighted by Crippen LogP contribution is -2.29. The number of piperidine rings is 1. The molecule has 0 saturated carbocycles. The topological polar surface area (TPSA) is 42.7 Å². The third-order valence-corrected chi connectivity index (χ3v) is 4.25. The van der Waals surface area contributed by atoms with Crippen molar-refractivity contribution in [1.82, 2.24) is 20.1 Å². The van der Waals surface area contributed by atoms with Gasteiger partial charge in [0.2, 0.25) is 0 Å². The van der Waals surface area contributed by atoms with Gasteiger partial charge in [0.05, 0.1) is 0 Å². The van der Waals surface area contributed by atoms with E-state index in [9.17, 15) is 0 Å². The van der Waals surface area contributed by atoms with Crippen molar-refractivity contribution in [3.63, 3.8) is 0 Å². The lowest BCUT2D eigenvalue weighted by atomic mass is 9.94. The molecule has 1 fully saturated rings. The van der Waals surface area contributed by atoms with Crippen LogP contribution in [-0.2, 0) is 13.0 Å². The Morgan fingerprint density at radius 3 is 2.88 bits per heavy atom. The Morgan fingerprint density at radius 1 is 1.24 bits per heavy atom. The molecule has 1 saturated heterocycles. The zero-order valence-electron chi connectivity index (χ0n) is 10.7. The predicted molar refractivity (Wildman–Crippen MR) is 67.0 cm³/mol. The molecule has 94 valence electrons. The van der Waals surface area contributed by atoms with Crippen LogP contribution in [0.5, 0.6) is 0 Å². The Bertz CT molecular complexity index is 379. The van der Waals surface area contributed by atoms with E-state index < -0.39 is 0 Å². The number of aromatic nitrogens is 3. The fourth-order valence-corrected chi connectivity index (χ4v) is 3.14. The third kappa shape index (κ3) is 2.23. The molecule has 0 aromatic carbocycles. The van der Waals surface area contributed by atoms with Gasteiger partial charge in [-0.25, -0.2) is 0 Å². The highest BCUT2D eigenvalue weighted by Gasteiger charge is 2.23. The van der Waals surface area contributed by atoms with Gasteiger partial charge in [0.1, 0.15) is 11.6 Å². The molecule has 4 heteroatoms. The van der Waals surface area contributed by atoms with E-state index in [-0.39, 0.29) is 0 Å². The van der Waals surface area contributed by atoms with Gasteiger partial charge in [-0.1, -0.05) is 6.92 Å². The number of hydrogen-bond donors (Lipinski definition) is 1. The molecule has 2 aliphatic heterocycles. The highest BCUT2D eigenvalue weighted by atomic mass is 15.3. The van der Waals surface area contributed by atoms with Crippen molar-refractivity contribution >= 4 is 0 Å². The molecule has 4 nitrogen and oxygen atoms in total. The predicted octanol–water partition coefficient (Wildman–Crippen LogP) is 1.72. The molecule has 3 heterocycles. The second-order valence-corrected chi connectivity index (χ2v) is 5.57. The van der Waals surface area contributed by atoms with E-state index in [4.69, 9.17) is 0 Å². The third-order valence-electron chi connectivity index (χ3n) is 4.25. The van der Waals surface area contributed by atoms with Crippen molar-refractivity contribution in [2.45, 2.75) is 51.5 Å². The fraction of sp³-hybridized carbons (Fsp3) is 0.846. The Balaban J connectivity index is 1.74. The molecule has 0 aliphatic carbocycles. The molecule has 0 bridgehead atoms. The molecule has 1 N–H and O–H groups in total. The largest absolute Gasteiger partial charge is 0.317 e. The molecule has 1 aromatic rings. The molecular weight excluding hydrogens is 212 g/mol. The SMILES string of the molecule is CC1CCCn2c(CC3CCNCC3)nnc21. The van der Waals surface area contributed by atoms with Gasteiger partial charge >= 0.3 is 0 Å². The molecule has 0 radical (unpaired) electrons. The Kier molecular flexibility index (Phi) is 3.14. The first-order valence-corrected chi connectivity index (χ1v) is 6.97. The summed E-state index contributed by atoms with van der Waals surface area (Å²) >= 11 is 0. The van der Waals surface area contributed by atoms with Crippen LogP contribution in [0.15, 0.2) is 0 Å². The first kappa shape index (κ1) is 11.2. The summed E-state index contributed by atoms with van der Waals surface area (Å²) in [6, 6.07) is 0. The monoisotopic (exact) mass is 234 g/mol. The highest BCUT2D eigenvalue weighted by molar-refractivity contribution is 5.04. The van der Waals surface area contributed by atoms with Crippen LogP contribution < -0.4 is 5.32 Å². The number of nitrogens with one attached hydrogen (secondary N) is 1. The van der Waals surface area contributed by atoms with Gasteiger partial charge in [-0.15, -0.1) is 10.2 Å². The van der Waals surface area contributed by atoms with E-state index in [1.165, 1.54) is 50.4 Å². The minimum atomic E-state index is 0.595. The lowest BCUT2D eigenvalue weighted by Gasteiger charge is -2.24. The maximum absolute atomic E-state index is 4.43. The smallest absolute Gasteiger partial charge is 0.135 e. The van der Waals surface area contributed by atoms with E-state index in [1.807, 2.05) is 0 Å². The maximum Gasteiger partial charge on any atom is 0.135 e. The van der Waals surface area contributed by atoms with Crippen molar-refractivity contribution in [3.05, 3.63) is 11.6 Å². The van der Waals surface area contributed by atoms with Crippen molar-refractivity contribution < 1.29 is 0 Å². The van der Waals surface area contributed by atoms with Crippen molar-refractivity contribution in [3.8, 4) is 0 Å². The molecule has 1 aromatic heterocycles. The highest BCUT2D eigenvalue weighted by Crippen LogP contribution is 2.27. The maximum atomic E-state index is 4.43. The zero-order valence-corrected chi connectivity index (χ0v) is 10.7. The van der Waals surface area contributed by atoms with E-state index in [1.54, 1.807) is 0 Å². The van der Waals surface area contributed by atoms with Crippen molar-refractivity contribution in [2.75, 3.05) is 13.1 Å². The van der Waals surface area contributed by atoms with Crippen LogP contribution in [0.4, 0.5) is 0 Å². The molecule has 2 aliphatic rings. The summed E-state index contributed by atoms with van der Waals surface area (Å²) in [6.07, 6.45) is 6.26. The second-order valence-electron chi connectivity index (χ2n) is 5.57. The molecule has 0 amide bonds. The molecule has 1 atom stereocenters. The van der Waals surface area contributed by atoms with Crippen LogP contribution in [0, 0.1) is 5.92 Å². The summed E-state index contributed by atoms with van der Waals surface area (Å²) in [6.45, 7) is 5.74. The van der Waals surface area contributed by atoms with Gasteiger partial charge in [-0.3, -0.25) is 0 Å². The quantitative estimate of drug-likeness (QED) is 0.847. The second kappa shape index (κ2) is 4.77. The number of nitrogens with zero attached hydrogens (tertiary/aromatic N) is 3. The molecule has 1 unspecified atom stereocenters. The van der Waals surface area contributed by atoms with Crippen LogP contribution in [0.1, 0.15) is 50.2 Å². The minimum absolute atomic E-state index is 0.595. The first-order chi connectivity index (χ1) is 8.34. The Morgan fingerprint density at radius 2 is 2.06 bits per heavy atom. The zero-order chi connectivity index (χ0) is 11.7. The number of hydrogen-bond acceptors (Lipinski definition) is 3. The van der Waals surface area contributed by atoms with Crippen molar-refractivity contribution in [2.24, 2.45) is 5.92 Å². The van der Waals surface area contributed by atoms with E-state index in [0.29, 0.717) is 5.92 Å². The fourth-order valence-electron chi connectivity index (χ4n) is 3.14. The summed E-state index contributed by atoms with van der Waals surface area (Å²) < 4.78 is 2.39. The van der Waals surface area contributed by atoms with E-state index >= 15 is 0 Å². The summed E-state index contributed by atoms with van der Waals surface area (Å²) in [4.78, 5) is 0. The van der Waals surface area contributed by atoms with Gasteiger partial charge < -0.3 is 9.88 Å². The van der Waals surface area contributed by atoms with Gasteiger partial charge in [-0.2, -0.15) is 0 Å². The van der Waals surface area contributed by atoms with Crippen molar-refractivity contribution in [1.29, 1.82) is 0 Å². The number of rotatable bonds is 2. The minimum Gasteiger partial charge on any atom is -0.317 e. The molecule has 0 spiro atoms. The van der Waals surface area contributed by atoms with Gasteiger partial charge in [-0.05, 0) is 44.7 Å². The molecular formula is C13H22N4. The average Bonchev–Trinajstić information content (AvgIpc) is 2.76. The van der Waals surface area contributed by atoms with Gasteiger partial charge in [0.15, 0.2) is 0 Å². The van der Waals surface area contributed by atoms with Crippen LogP contribution in [0.25, 0.3) is 0 Å². The molecule has 3 rings (SSSR count). The van der Waals surface area contributed by atoms with E-state index in [2.05, 4.69) is 27.0 Å². The summed E-state index contributed by atoms with van der Waals surface area (Å²) in [7, 11) is 0. The summed E-state index contributed by atoms with van der Waals surface area (Å²) in [5.74, 6) is 3.86. The Hall–Kier alpha value is -0.900. The Labute approximate surface area is 103 Å². The van der Waals surface area contributed by atoms with Crippen LogP contribution in [0.3, 0.4) is 0 Å². The summed E-state index contributed by atoms with van der Waals surface area (Å²) in [5, 5.41) is 12.3. The number of fused-ring (bicyclic) bond motifs is 1. The van der Waals surface area contributed by atoms with Gasteiger partial charge in [0.25, 0.3) is 0 Å². The standard InChI is InChI=1S/C13H22N4/c1-10-3-2-8-17-12(15-16-13(10)17)9-11-4-6-14-7-5-11/h10-11,14H,2-9H2,1H3. The van der Waals surface area contributed by atoms with Crippen LogP contribution in [0.2, 0.25) is 0 Å². The van der Waals surface area contributed by atoms with E-state index in [0.717, 1.165) is 18.9 Å². The van der Waals surface area contributed by atoms with Crippen LogP contribution >= 0.6 is 0 Å². The summed E-state index contributed by atoms with van der Waals surface area (Å²) in [5.41, 5.74) is 0. The van der Waals surface area contributed by atoms with Crippen LogP contribution in [-0.4, -0.2) is 27.9 Å². The lowest BCUT2D eigenvalue weighted by molar-refractivity contribution is 0.357.